The summed E-state index contributed by atoms with van der Waals surface area (Å²) < 4.78 is 105. The maximum absolute atomic E-state index is 14.3. The van der Waals surface area contributed by atoms with Gasteiger partial charge in [-0.2, -0.15) is 13.2 Å². The molecule has 2 aliphatic carbocycles. The van der Waals surface area contributed by atoms with E-state index in [1.807, 2.05) is 47.2 Å². The maximum atomic E-state index is 14.3. The number of allylic oxidation sites excluding steroid dienone is 1. The normalized spacial score (nSPS) is 21.8. The lowest BCUT2D eigenvalue weighted by atomic mass is 9.71. The predicted octanol–water partition coefficient (Wildman–Crippen LogP) is 8.25. The van der Waals surface area contributed by atoms with Crippen molar-refractivity contribution in [2.24, 2.45) is 5.41 Å². The summed E-state index contributed by atoms with van der Waals surface area (Å²) >= 11 is 7.76. The van der Waals surface area contributed by atoms with Gasteiger partial charge in [0, 0.05) is 117 Å². The van der Waals surface area contributed by atoms with Gasteiger partial charge in [0.15, 0.2) is 0 Å². The van der Waals surface area contributed by atoms with Crippen LogP contribution in [0.3, 0.4) is 0 Å². The lowest BCUT2D eigenvalue weighted by Gasteiger charge is -2.43. The predicted molar refractivity (Wildman–Crippen MR) is 283 cm³/mol. The van der Waals surface area contributed by atoms with Gasteiger partial charge in [-0.15, -0.1) is 11.8 Å². The van der Waals surface area contributed by atoms with Crippen molar-refractivity contribution in [1.29, 1.82) is 0 Å². The molecule has 5 aliphatic rings. The number of hydrogen-bond acceptors (Lipinski definition) is 13. The second-order valence-electron chi connectivity index (χ2n) is 20.5. The van der Waals surface area contributed by atoms with Crippen molar-refractivity contribution in [2.45, 2.75) is 77.2 Å². The second-order valence-corrected chi connectivity index (χ2v) is 25.6. The van der Waals surface area contributed by atoms with E-state index in [2.05, 4.69) is 49.3 Å². The third kappa shape index (κ3) is 13.1. The Balaban J connectivity index is 0.854. The Morgan fingerprint density at radius 2 is 1.58 bits per heavy atom. The molecule has 73 heavy (non-hydrogen) atoms. The largest absolute Gasteiger partial charge is 0.501 e. The molecule has 1 unspecified atom stereocenters. The summed E-state index contributed by atoms with van der Waals surface area (Å²) in [5.74, 6) is -0.644. The van der Waals surface area contributed by atoms with Gasteiger partial charge in [-0.1, -0.05) is 54.4 Å². The van der Waals surface area contributed by atoms with Gasteiger partial charge in [-0.25, -0.2) is 21.6 Å². The van der Waals surface area contributed by atoms with Crippen LogP contribution in [0.2, 0.25) is 5.02 Å². The lowest BCUT2D eigenvalue weighted by molar-refractivity contribution is -0.0435. The maximum Gasteiger partial charge on any atom is 0.501 e. The molecule has 20 heteroatoms. The zero-order valence-electron chi connectivity index (χ0n) is 41.1. The van der Waals surface area contributed by atoms with Crippen LogP contribution in [0.15, 0.2) is 117 Å². The molecule has 0 radical (unpaired) electrons. The zero-order chi connectivity index (χ0) is 51.4. The van der Waals surface area contributed by atoms with Crippen molar-refractivity contribution in [3.05, 3.63) is 119 Å². The summed E-state index contributed by atoms with van der Waals surface area (Å²) in [4.78, 5) is 22.0. The van der Waals surface area contributed by atoms with Crippen molar-refractivity contribution >= 4 is 66.1 Å². The van der Waals surface area contributed by atoms with E-state index in [0.29, 0.717) is 44.5 Å². The summed E-state index contributed by atoms with van der Waals surface area (Å²) in [6.45, 7) is 14.1. The number of nitrogens with zero attached hydrogens (tertiary/aromatic N) is 4. The minimum absolute atomic E-state index is 0.00205. The van der Waals surface area contributed by atoms with E-state index in [1.54, 1.807) is 12.1 Å². The molecule has 3 aliphatic heterocycles. The Bertz CT molecular complexity index is 2830. The molecular weight excluding hydrogens is 1020 g/mol. The molecule has 3 heterocycles. The number of carbonyl (C=O) groups excluding carboxylic acids is 1. The monoisotopic (exact) mass is 1080 g/mol. The van der Waals surface area contributed by atoms with Crippen molar-refractivity contribution in [3.8, 4) is 0 Å². The van der Waals surface area contributed by atoms with Crippen LogP contribution in [0.1, 0.15) is 61.4 Å². The van der Waals surface area contributed by atoms with Crippen LogP contribution >= 0.6 is 23.4 Å². The van der Waals surface area contributed by atoms with Crippen LogP contribution in [0.4, 0.5) is 24.5 Å². The standard InChI is InChI=1S/C53H65ClF3N7O6S3/c1-51(37-62-25-22-58-23-26-62)19-17-47(39-7-11-42(54)12-8-39)41(34-51)35-61-27-29-63(30-28-61)44-13-9-40(10-14-44)50(65)60-73(68,69)46-15-16-48(49(33-46)72(66,67)53(55,56)57)59-43(36-71-45-5-3-2-4-6-45)18-24-64-31-32-70-38-52(64)20-21-52/h2-16,33,43,58-59H,17-32,34-38H2,1H3,(H,60,65)/t43?,51-/m1/s1. The first-order chi connectivity index (χ1) is 34.9. The molecule has 1 amide bonds. The van der Waals surface area contributed by atoms with Crippen LogP contribution in [0.5, 0.6) is 0 Å². The number of anilines is 2. The van der Waals surface area contributed by atoms with Gasteiger partial charge in [-0.3, -0.25) is 14.6 Å². The average molecular weight is 1080 g/mol. The summed E-state index contributed by atoms with van der Waals surface area (Å²) in [6.07, 6.45) is 5.59. The third-order valence-corrected chi connectivity index (χ3v) is 19.4. The molecule has 4 fully saturated rings. The minimum Gasteiger partial charge on any atom is -0.380 e. The molecule has 1 spiro atoms. The first-order valence-corrected chi connectivity index (χ1v) is 29.5. The fourth-order valence-corrected chi connectivity index (χ4v) is 13.9. The summed E-state index contributed by atoms with van der Waals surface area (Å²) in [5.41, 5.74) is -1.05. The minimum atomic E-state index is -6.07. The SMILES string of the molecule is C[C@@]1(CN2CCNCC2)CCC(c2ccc(Cl)cc2)=C(CN2CCN(c3ccc(C(=O)NS(=O)(=O)c4ccc(NC(CCN5CCOCC56CC6)CSc5ccccc5)c(S(=O)(=O)C(F)(F)F)c4)cc3)CC2)C1. The lowest BCUT2D eigenvalue weighted by Crippen LogP contribution is -2.49. The van der Waals surface area contributed by atoms with E-state index in [4.69, 9.17) is 16.3 Å². The average Bonchev–Trinajstić information content (AvgIpc) is 4.15. The highest BCUT2D eigenvalue weighted by Crippen LogP contribution is 2.45. The summed E-state index contributed by atoms with van der Waals surface area (Å²) in [5, 5.41) is 7.24. The van der Waals surface area contributed by atoms with E-state index < -0.39 is 47.1 Å². The first-order valence-electron chi connectivity index (χ1n) is 25.2. The Kier molecular flexibility index (Phi) is 16.6. The number of benzene rings is 4. The molecule has 1 saturated carbocycles. The smallest absolute Gasteiger partial charge is 0.380 e. The molecule has 13 nitrogen and oxygen atoms in total. The number of halogens is 4. The van der Waals surface area contributed by atoms with E-state index in [1.165, 1.54) is 40.6 Å². The van der Waals surface area contributed by atoms with Crippen LogP contribution < -0.4 is 20.3 Å². The fraction of sp³-hybridized carbons (Fsp3) is 0.491. The number of hydrogen-bond donors (Lipinski definition) is 3. The highest BCUT2D eigenvalue weighted by atomic mass is 35.5. The van der Waals surface area contributed by atoms with Crippen molar-refractivity contribution < 1.29 is 39.5 Å². The van der Waals surface area contributed by atoms with Gasteiger partial charge in [0.05, 0.1) is 23.8 Å². The number of sulfone groups is 1. The molecule has 0 aromatic heterocycles. The highest BCUT2D eigenvalue weighted by molar-refractivity contribution is 7.99. The van der Waals surface area contributed by atoms with E-state index in [9.17, 15) is 34.8 Å². The Labute approximate surface area is 437 Å². The number of ether oxygens (including phenoxy) is 1. The molecule has 9 rings (SSSR count). The Morgan fingerprint density at radius 1 is 0.863 bits per heavy atom. The highest BCUT2D eigenvalue weighted by Gasteiger charge is 2.50. The van der Waals surface area contributed by atoms with Gasteiger partial charge in [0.25, 0.3) is 25.8 Å². The fourth-order valence-electron chi connectivity index (χ4n) is 10.8. The number of morpholine rings is 1. The number of thioether (sulfide) groups is 1. The molecular formula is C53H65ClF3N7O6S3. The topological polar surface area (TPSA) is 144 Å². The van der Waals surface area contributed by atoms with Gasteiger partial charge >= 0.3 is 5.51 Å². The van der Waals surface area contributed by atoms with Gasteiger partial charge in [-0.05, 0) is 122 Å². The molecule has 3 saturated heterocycles. The van der Waals surface area contributed by atoms with Crippen molar-refractivity contribution in [1.82, 2.24) is 24.7 Å². The zero-order valence-corrected chi connectivity index (χ0v) is 44.3. The summed E-state index contributed by atoms with van der Waals surface area (Å²) in [6, 6.07) is 26.1. The Hall–Kier alpha value is -4.18. The number of amides is 1. The number of nitrogens with one attached hydrogen (secondary N) is 3. The van der Waals surface area contributed by atoms with E-state index in [-0.39, 0.29) is 22.2 Å². The molecule has 2 atom stereocenters. The quantitative estimate of drug-likeness (QED) is 0.0825. The third-order valence-electron chi connectivity index (χ3n) is 15.1. The number of piperazine rings is 2. The molecule has 0 bridgehead atoms. The molecule has 394 valence electrons. The van der Waals surface area contributed by atoms with Gasteiger partial charge in [0.2, 0.25) is 0 Å². The molecule has 4 aromatic carbocycles. The van der Waals surface area contributed by atoms with Gasteiger partial charge < -0.3 is 25.2 Å². The van der Waals surface area contributed by atoms with Gasteiger partial charge in [0.1, 0.15) is 4.90 Å². The number of rotatable bonds is 18. The molecule has 4 aromatic rings. The van der Waals surface area contributed by atoms with Crippen molar-refractivity contribution in [2.75, 3.05) is 108 Å². The van der Waals surface area contributed by atoms with Crippen LogP contribution in [0.25, 0.3) is 5.57 Å². The van der Waals surface area contributed by atoms with Crippen LogP contribution in [-0.2, 0) is 24.6 Å². The van der Waals surface area contributed by atoms with Crippen LogP contribution in [0, 0.1) is 5.41 Å². The summed E-state index contributed by atoms with van der Waals surface area (Å²) in [7, 11) is -10.9. The van der Waals surface area contributed by atoms with E-state index >= 15 is 0 Å². The Morgan fingerprint density at radius 3 is 2.26 bits per heavy atom. The molecule has 3 N–H and O–H groups in total. The number of carbonyl (C=O) groups is 1. The first kappa shape index (κ1) is 53.6. The number of alkyl halides is 3. The second kappa shape index (κ2) is 22.6. The van der Waals surface area contributed by atoms with Crippen molar-refractivity contribution in [3.63, 3.8) is 0 Å². The number of sulfonamides is 1. The van der Waals surface area contributed by atoms with Crippen LogP contribution in [-0.4, -0.2) is 152 Å². The van der Waals surface area contributed by atoms with E-state index in [0.717, 1.165) is 125 Å².